The SMILES string of the molecule is Cc1ccnc(-n2cc(C(=O)O)c(C(F)(F)F)c2)n1. The monoisotopic (exact) mass is 271 g/mol. The van der Waals surface area contributed by atoms with Crippen molar-refractivity contribution in [1.82, 2.24) is 14.5 Å². The number of hydrogen-bond acceptors (Lipinski definition) is 3. The summed E-state index contributed by atoms with van der Waals surface area (Å²) in [5, 5.41) is 8.79. The van der Waals surface area contributed by atoms with Gasteiger partial charge in [-0.2, -0.15) is 13.2 Å². The van der Waals surface area contributed by atoms with E-state index in [2.05, 4.69) is 9.97 Å². The van der Waals surface area contributed by atoms with E-state index in [1.165, 1.54) is 6.20 Å². The topological polar surface area (TPSA) is 68.0 Å². The van der Waals surface area contributed by atoms with Crippen LogP contribution in [-0.4, -0.2) is 25.6 Å². The Morgan fingerprint density at radius 3 is 2.53 bits per heavy atom. The summed E-state index contributed by atoms with van der Waals surface area (Å²) in [5.41, 5.74) is -1.51. The van der Waals surface area contributed by atoms with Gasteiger partial charge in [-0.25, -0.2) is 14.8 Å². The number of aromatic carboxylic acids is 1. The summed E-state index contributed by atoms with van der Waals surface area (Å²) in [4.78, 5) is 18.6. The molecule has 100 valence electrons. The number of aromatic nitrogens is 3. The fourth-order valence-electron chi connectivity index (χ4n) is 1.53. The molecule has 2 aromatic rings. The van der Waals surface area contributed by atoms with Crippen molar-refractivity contribution in [2.24, 2.45) is 0 Å². The van der Waals surface area contributed by atoms with Crippen molar-refractivity contribution in [1.29, 1.82) is 0 Å². The molecule has 0 radical (unpaired) electrons. The van der Waals surface area contributed by atoms with Crippen molar-refractivity contribution < 1.29 is 23.1 Å². The summed E-state index contributed by atoms with van der Waals surface area (Å²) in [7, 11) is 0. The first-order valence-corrected chi connectivity index (χ1v) is 5.11. The van der Waals surface area contributed by atoms with Crippen molar-refractivity contribution in [3.05, 3.63) is 41.5 Å². The largest absolute Gasteiger partial charge is 0.478 e. The first-order chi connectivity index (χ1) is 8.79. The van der Waals surface area contributed by atoms with E-state index in [4.69, 9.17) is 5.11 Å². The number of halogens is 3. The molecular weight excluding hydrogens is 263 g/mol. The van der Waals surface area contributed by atoms with Crippen LogP contribution in [0.25, 0.3) is 5.95 Å². The highest BCUT2D eigenvalue weighted by Crippen LogP contribution is 2.33. The van der Waals surface area contributed by atoms with Crippen LogP contribution < -0.4 is 0 Å². The third-order valence-electron chi connectivity index (χ3n) is 2.38. The molecule has 0 saturated carbocycles. The second kappa shape index (κ2) is 4.38. The van der Waals surface area contributed by atoms with Gasteiger partial charge in [-0.1, -0.05) is 0 Å². The lowest BCUT2D eigenvalue weighted by atomic mass is 10.2. The molecule has 0 aliphatic carbocycles. The van der Waals surface area contributed by atoms with E-state index in [0.717, 1.165) is 10.8 Å². The predicted molar refractivity (Wildman–Crippen MR) is 58.1 cm³/mol. The number of carboxylic acid groups (broad SMARTS) is 1. The molecule has 0 atom stereocenters. The van der Waals surface area contributed by atoms with Gasteiger partial charge in [-0.15, -0.1) is 0 Å². The zero-order chi connectivity index (χ0) is 14.2. The van der Waals surface area contributed by atoms with Crippen LogP contribution in [0.15, 0.2) is 24.7 Å². The molecule has 0 aliphatic heterocycles. The second-order valence-electron chi connectivity index (χ2n) is 3.79. The Morgan fingerprint density at radius 1 is 1.37 bits per heavy atom. The molecule has 2 heterocycles. The number of aryl methyl sites for hydroxylation is 1. The second-order valence-corrected chi connectivity index (χ2v) is 3.79. The fraction of sp³-hybridized carbons (Fsp3) is 0.182. The molecule has 0 aromatic carbocycles. The van der Waals surface area contributed by atoms with E-state index >= 15 is 0 Å². The van der Waals surface area contributed by atoms with Crippen LogP contribution in [0.1, 0.15) is 21.6 Å². The first kappa shape index (κ1) is 13.1. The summed E-state index contributed by atoms with van der Waals surface area (Å²) in [5.74, 6) is -1.67. The molecule has 0 saturated heterocycles. The Balaban J connectivity index is 2.58. The van der Waals surface area contributed by atoms with Gasteiger partial charge in [0.1, 0.15) is 0 Å². The van der Waals surface area contributed by atoms with Gasteiger partial charge in [0, 0.05) is 24.3 Å². The van der Waals surface area contributed by atoms with Crippen LogP contribution in [0.2, 0.25) is 0 Å². The molecule has 1 N–H and O–H groups in total. The van der Waals surface area contributed by atoms with E-state index in [1.54, 1.807) is 13.0 Å². The maximum atomic E-state index is 12.7. The third-order valence-corrected chi connectivity index (χ3v) is 2.38. The minimum atomic E-state index is -4.75. The van der Waals surface area contributed by atoms with Crippen molar-refractivity contribution in [3.8, 4) is 5.95 Å². The van der Waals surface area contributed by atoms with E-state index in [1.807, 2.05) is 0 Å². The fourth-order valence-corrected chi connectivity index (χ4v) is 1.53. The zero-order valence-electron chi connectivity index (χ0n) is 9.64. The number of rotatable bonds is 2. The van der Waals surface area contributed by atoms with Crippen molar-refractivity contribution >= 4 is 5.97 Å². The van der Waals surface area contributed by atoms with E-state index in [9.17, 15) is 18.0 Å². The summed E-state index contributed by atoms with van der Waals surface area (Å²) in [6, 6.07) is 1.58. The number of carboxylic acids is 1. The average molecular weight is 271 g/mol. The summed E-state index contributed by atoms with van der Waals surface area (Å²) < 4.78 is 39.0. The van der Waals surface area contributed by atoms with E-state index in [0.29, 0.717) is 11.9 Å². The Kier molecular flexibility index (Phi) is 3.01. The summed E-state index contributed by atoms with van der Waals surface area (Å²) in [6.07, 6.45) is -1.85. The highest BCUT2D eigenvalue weighted by Gasteiger charge is 2.37. The molecule has 0 amide bonds. The van der Waals surface area contributed by atoms with Gasteiger partial charge in [0.05, 0.1) is 11.1 Å². The van der Waals surface area contributed by atoms with Crippen LogP contribution in [0.5, 0.6) is 0 Å². The van der Waals surface area contributed by atoms with Crippen LogP contribution in [0.3, 0.4) is 0 Å². The quantitative estimate of drug-likeness (QED) is 0.909. The number of nitrogens with zero attached hydrogens (tertiary/aromatic N) is 3. The molecule has 0 fully saturated rings. The van der Waals surface area contributed by atoms with Crippen molar-refractivity contribution in [2.75, 3.05) is 0 Å². The lowest BCUT2D eigenvalue weighted by molar-refractivity contribution is -0.138. The standard InChI is InChI=1S/C11H8F3N3O2/c1-6-2-3-15-10(16-6)17-4-7(9(18)19)8(5-17)11(12,13)14/h2-5H,1H3,(H,18,19). The number of carbonyl (C=O) groups is 1. The molecular formula is C11H8F3N3O2. The van der Waals surface area contributed by atoms with Gasteiger partial charge >= 0.3 is 12.1 Å². The Morgan fingerprint density at radius 2 is 2.05 bits per heavy atom. The Labute approximate surface area is 105 Å². The maximum Gasteiger partial charge on any atom is 0.418 e. The molecule has 2 rings (SSSR count). The van der Waals surface area contributed by atoms with Crippen LogP contribution >= 0.6 is 0 Å². The van der Waals surface area contributed by atoms with Crippen LogP contribution in [-0.2, 0) is 6.18 Å². The minimum Gasteiger partial charge on any atom is -0.478 e. The minimum absolute atomic E-state index is 0.0157. The molecule has 5 nitrogen and oxygen atoms in total. The van der Waals surface area contributed by atoms with Gasteiger partial charge in [0.25, 0.3) is 0 Å². The Hall–Kier alpha value is -2.38. The van der Waals surface area contributed by atoms with E-state index < -0.39 is 23.3 Å². The molecule has 19 heavy (non-hydrogen) atoms. The molecule has 0 unspecified atom stereocenters. The van der Waals surface area contributed by atoms with Crippen molar-refractivity contribution in [2.45, 2.75) is 13.1 Å². The van der Waals surface area contributed by atoms with Gasteiger partial charge < -0.3 is 5.11 Å². The van der Waals surface area contributed by atoms with Crippen LogP contribution in [0.4, 0.5) is 13.2 Å². The normalized spacial score (nSPS) is 11.6. The highest BCUT2D eigenvalue weighted by atomic mass is 19.4. The molecule has 8 heteroatoms. The Bertz CT molecular complexity index is 634. The highest BCUT2D eigenvalue weighted by molar-refractivity contribution is 5.89. The summed E-state index contributed by atoms with van der Waals surface area (Å²) >= 11 is 0. The van der Waals surface area contributed by atoms with Gasteiger partial charge in [-0.05, 0) is 13.0 Å². The summed E-state index contributed by atoms with van der Waals surface area (Å²) in [6.45, 7) is 1.65. The predicted octanol–water partition coefficient (Wildman–Crippen LogP) is 2.29. The molecule has 2 aromatic heterocycles. The zero-order valence-corrected chi connectivity index (χ0v) is 9.64. The van der Waals surface area contributed by atoms with Crippen molar-refractivity contribution in [3.63, 3.8) is 0 Å². The van der Waals surface area contributed by atoms with Crippen LogP contribution in [0, 0.1) is 6.92 Å². The third kappa shape index (κ3) is 2.56. The van der Waals surface area contributed by atoms with Gasteiger partial charge in [0.15, 0.2) is 0 Å². The molecule has 0 bridgehead atoms. The van der Waals surface area contributed by atoms with Gasteiger partial charge in [-0.3, -0.25) is 4.57 Å². The molecule has 0 spiro atoms. The van der Waals surface area contributed by atoms with Gasteiger partial charge in [0.2, 0.25) is 5.95 Å². The lowest BCUT2D eigenvalue weighted by Gasteiger charge is -2.04. The lowest BCUT2D eigenvalue weighted by Crippen LogP contribution is -2.09. The number of hydrogen-bond donors (Lipinski definition) is 1. The average Bonchev–Trinajstić information content (AvgIpc) is 2.73. The first-order valence-electron chi connectivity index (χ1n) is 5.11. The maximum absolute atomic E-state index is 12.7. The molecule has 0 aliphatic rings. The van der Waals surface area contributed by atoms with E-state index in [-0.39, 0.29) is 5.95 Å². The number of alkyl halides is 3. The smallest absolute Gasteiger partial charge is 0.418 e.